The number of benzene rings is 2. The molecular formula is C21H24ClFN6O. The van der Waals surface area contributed by atoms with Crippen molar-refractivity contribution in [3.8, 4) is 0 Å². The molecule has 7 nitrogen and oxygen atoms in total. The van der Waals surface area contributed by atoms with Crippen LogP contribution in [-0.2, 0) is 4.74 Å². The Morgan fingerprint density at radius 2 is 1.50 bits per heavy atom. The Labute approximate surface area is 181 Å². The zero-order chi connectivity index (χ0) is 20.2. The Hall–Kier alpha value is -2.97. The first-order valence-electron chi connectivity index (χ1n) is 9.52. The van der Waals surface area contributed by atoms with Crippen molar-refractivity contribution in [2.24, 2.45) is 0 Å². The van der Waals surface area contributed by atoms with Crippen molar-refractivity contribution in [2.75, 3.05) is 41.8 Å². The molecule has 9 heteroatoms. The van der Waals surface area contributed by atoms with Gasteiger partial charge in [-0.15, -0.1) is 12.4 Å². The lowest BCUT2D eigenvalue weighted by molar-refractivity contribution is 0.122. The van der Waals surface area contributed by atoms with Crippen LogP contribution in [0.3, 0.4) is 0 Å². The van der Waals surface area contributed by atoms with Crippen molar-refractivity contribution in [2.45, 2.75) is 13.8 Å². The quantitative estimate of drug-likeness (QED) is 0.622. The Morgan fingerprint density at radius 3 is 2.13 bits per heavy atom. The minimum atomic E-state index is -0.328. The van der Waals surface area contributed by atoms with Crippen LogP contribution < -0.4 is 15.5 Å². The van der Waals surface area contributed by atoms with Crippen molar-refractivity contribution in [3.05, 3.63) is 59.4 Å². The summed E-state index contributed by atoms with van der Waals surface area (Å²) in [6.07, 6.45) is 0. The first-order valence-corrected chi connectivity index (χ1v) is 9.52. The Morgan fingerprint density at radius 1 is 0.867 bits per heavy atom. The topological polar surface area (TPSA) is 75.2 Å². The third-order valence-electron chi connectivity index (χ3n) is 4.48. The number of hydrogen-bond acceptors (Lipinski definition) is 7. The van der Waals surface area contributed by atoms with Gasteiger partial charge in [0.1, 0.15) is 5.82 Å². The fraction of sp³-hybridized carbons (Fsp3) is 0.286. The molecule has 158 valence electrons. The lowest BCUT2D eigenvalue weighted by atomic mass is 10.1. The lowest BCUT2D eigenvalue weighted by Gasteiger charge is -2.27. The Kier molecular flexibility index (Phi) is 7.02. The van der Waals surface area contributed by atoms with Crippen LogP contribution in [0.1, 0.15) is 11.1 Å². The predicted octanol–water partition coefficient (Wildman–Crippen LogP) is 4.37. The Bertz CT molecular complexity index is 992. The van der Waals surface area contributed by atoms with Crippen LogP contribution in [-0.4, -0.2) is 41.3 Å². The van der Waals surface area contributed by atoms with E-state index in [1.165, 1.54) is 12.1 Å². The maximum atomic E-state index is 13.6. The molecule has 0 radical (unpaired) electrons. The summed E-state index contributed by atoms with van der Waals surface area (Å²) in [5.41, 5.74) is 3.76. The van der Waals surface area contributed by atoms with Crippen LogP contribution >= 0.6 is 12.4 Å². The molecule has 1 aromatic heterocycles. The van der Waals surface area contributed by atoms with Gasteiger partial charge in [-0.1, -0.05) is 12.1 Å². The number of aromatic nitrogens is 3. The number of rotatable bonds is 5. The lowest BCUT2D eigenvalue weighted by Crippen LogP contribution is -2.37. The number of halogens is 2. The SMILES string of the molecule is Cc1cc(C)cc(Nc2nc(Nc3cccc(F)c3)nc(N3CCOCC3)n2)c1.Cl. The molecule has 30 heavy (non-hydrogen) atoms. The van der Waals surface area contributed by atoms with Gasteiger partial charge in [-0.3, -0.25) is 0 Å². The predicted molar refractivity (Wildman–Crippen MR) is 119 cm³/mol. The molecule has 0 saturated carbocycles. The zero-order valence-electron chi connectivity index (χ0n) is 16.9. The van der Waals surface area contributed by atoms with Crippen molar-refractivity contribution in [1.29, 1.82) is 0 Å². The summed E-state index contributed by atoms with van der Waals surface area (Å²) in [6.45, 7) is 6.73. The van der Waals surface area contributed by atoms with Crippen LogP contribution in [0, 0.1) is 19.7 Å². The highest BCUT2D eigenvalue weighted by Gasteiger charge is 2.17. The van der Waals surface area contributed by atoms with E-state index in [4.69, 9.17) is 4.74 Å². The summed E-state index contributed by atoms with van der Waals surface area (Å²) in [4.78, 5) is 15.7. The molecule has 2 N–H and O–H groups in total. The summed E-state index contributed by atoms with van der Waals surface area (Å²) in [7, 11) is 0. The first-order chi connectivity index (χ1) is 14.0. The number of ether oxygens (including phenoxy) is 1. The fourth-order valence-corrected chi connectivity index (χ4v) is 3.25. The van der Waals surface area contributed by atoms with Gasteiger partial charge in [0.15, 0.2) is 0 Å². The van der Waals surface area contributed by atoms with Crippen LogP contribution in [0.15, 0.2) is 42.5 Å². The second-order valence-corrected chi connectivity index (χ2v) is 7.02. The number of hydrogen-bond donors (Lipinski definition) is 2. The molecule has 0 aliphatic carbocycles. The van der Waals surface area contributed by atoms with Gasteiger partial charge in [-0.2, -0.15) is 15.0 Å². The molecule has 3 aromatic rings. The van der Waals surface area contributed by atoms with Crippen LogP contribution in [0.2, 0.25) is 0 Å². The maximum absolute atomic E-state index is 13.6. The molecule has 1 aliphatic rings. The standard InChI is InChI=1S/C21H23FN6O.ClH/c1-14-10-15(2)12-18(11-14)24-20-25-19(23-17-5-3-4-16(22)13-17)26-21(27-20)28-6-8-29-9-7-28;/h3-5,10-13H,6-9H2,1-2H3,(H2,23,24,25,26,27);1H. The molecule has 0 bridgehead atoms. The van der Waals surface area contributed by atoms with Gasteiger partial charge in [0, 0.05) is 24.5 Å². The first kappa shape index (κ1) is 21.7. The second-order valence-electron chi connectivity index (χ2n) is 7.02. The molecule has 0 unspecified atom stereocenters. The number of aryl methyl sites for hydroxylation is 2. The van der Waals surface area contributed by atoms with Gasteiger partial charge in [0.2, 0.25) is 17.8 Å². The van der Waals surface area contributed by atoms with Crippen LogP contribution in [0.4, 0.5) is 33.6 Å². The largest absolute Gasteiger partial charge is 0.378 e. The molecule has 2 heterocycles. The average Bonchev–Trinajstić information content (AvgIpc) is 2.68. The normalized spacial score (nSPS) is 13.5. The monoisotopic (exact) mass is 430 g/mol. The summed E-state index contributed by atoms with van der Waals surface area (Å²) >= 11 is 0. The van der Waals surface area contributed by atoms with Gasteiger partial charge in [-0.25, -0.2) is 4.39 Å². The second kappa shape index (κ2) is 9.69. The summed E-state index contributed by atoms with van der Waals surface area (Å²) < 4.78 is 19.0. The highest BCUT2D eigenvalue weighted by atomic mass is 35.5. The van der Waals surface area contributed by atoms with E-state index in [1.807, 2.05) is 26.0 Å². The minimum Gasteiger partial charge on any atom is -0.378 e. The van der Waals surface area contributed by atoms with Gasteiger partial charge < -0.3 is 20.3 Å². The van der Waals surface area contributed by atoms with E-state index in [0.717, 1.165) is 16.8 Å². The molecule has 2 aromatic carbocycles. The molecule has 4 rings (SSSR count). The van der Waals surface area contributed by atoms with E-state index in [-0.39, 0.29) is 18.2 Å². The van der Waals surface area contributed by atoms with E-state index in [1.54, 1.807) is 12.1 Å². The van der Waals surface area contributed by atoms with Gasteiger partial charge in [0.05, 0.1) is 13.2 Å². The summed E-state index contributed by atoms with van der Waals surface area (Å²) in [6, 6.07) is 12.4. The highest BCUT2D eigenvalue weighted by molar-refractivity contribution is 5.85. The summed E-state index contributed by atoms with van der Waals surface area (Å²) in [5.74, 6) is 0.990. The third-order valence-corrected chi connectivity index (χ3v) is 4.48. The van der Waals surface area contributed by atoms with E-state index in [9.17, 15) is 4.39 Å². The number of anilines is 5. The van der Waals surface area contributed by atoms with Gasteiger partial charge in [-0.05, 0) is 55.3 Å². The smallest absolute Gasteiger partial charge is 0.233 e. The van der Waals surface area contributed by atoms with Gasteiger partial charge >= 0.3 is 0 Å². The average molecular weight is 431 g/mol. The van der Waals surface area contributed by atoms with Crippen molar-refractivity contribution < 1.29 is 9.13 Å². The summed E-state index contributed by atoms with van der Waals surface area (Å²) in [5, 5.41) is 6.34. The van der Waals surface area contributed by atoms with E-state index in [0.29, 0.717) is 49.8 Å². The molecular weight excluding hydrogens is 407 g/mol. The number of nitrogens with one attached hydrogen (secondary N) is 2. The van der Waals surface area contributed by atoms with E-state index < -0.39 is 0 Å². The molecule has 0 atom stereocenters. The molecule has 0 spiro atoms. The maximum Gasteiger partial charge on any atom is 0.233 e. The Balaban J connectivity index is 0.00000256. The highest BCUT2D eigenvalue weighted by Crippen LogP contribution is 2.22. The molecule has 1 saturated heterocycles. The molecule has 0 amide bonds. The van der Waals surface area contributed by atoms with Crippen molar-refractivity contribution in [3.63, 3.8) is 0 Å². The van der Waals surface area contributed by atoms with Crippen LogP contribution in [0.5, 0.6) is 0 Å². The van der Waals surface area contributed by atoms with E-state index in [2.05, 4.69) is 36.6 Å². The number of morpholine rings is 1. The van der Waals surface area contributed by atoms with Crippen molar-refractivity contribution in [1.82, 2.24) is 15.0 Å². The van der Waals surface area contributed by atoms with E-state index >= 15 is 0 Å². The fourth-order valence-electron chi connectivity index (χ4n) is 3.25. The van der Waals surface area contributed by atoms with Crippen LogP contribution in [0.25, 0.3) is 0 Å². The molecule has 1 fully saturated rings. The van der Waals surface area contributed by atoms with Gasteiger partial charge in [0.25, 0.3) is 0 Å². The minimum absolute atomic E-state index is 0. The zero-order valence-corrected chi connectivity index (χ0v) is 17.7. The van der Waals surface area contributed by atoms with Crippen molar-refractivity contribution >= 4 is 41.6 Å². The number of nitrogens with zero attached hydrogens (tertiary/aromatic N) is 4. The molecule has 1 aliphatic heterocycles. The third kappa shape index (κ3) is 5.55.